The minimum absolute atomic E-state index is 0.0173. The van der Waals surface area contributed by atoms with E-state index in [0.29, 0.717) is 5.56 Å². The average Bonchev–Trinajstić information content (AvgIpc) is 2.95. The predicted octanol–water partition coefficient (Wildman–Crippen LogP) is 2.89. The number of amides is 1. The summed E-state index contributed by atoms with van der Waals surface area (Å²) in [5.74, 6) is -0.692. The molecule has 1 fully saturated rings. The number of anilines is 1. The molecule has 0 radical (unpaired) electrons. The van der Waals surface area contributed by atoms with Crippen LogP contribution in [0.15, 0.2) is 42.5 Å². The molecule has 2 aromatic rings. The fourth-order valence-electron chi connectivity index (χ4n) is 3.02. The molecule has 0 aliphatic carbocycles. The summed E-state index contributed by atoms with van der Waals surface area (Å²) in [5.41, 5.74) is 3.26. The maximum atomic E-state index is 12.9. The van der Waals surface area contributed by atoms with Gasteiger partial charge in [0.2, 0.25) is 10.0 Å². The Labute approximate surface area is 158 Å². The summed E-state index contributed by atoms with van der Waals surface area (Å²) >= 11 is 0. The van der Waals surface area contributed by atoms with Gasteiger partial charge in [-0.3, -0.25) is 4.90 Å². The van der Waals surface area contributed by atoms with E-state index in [1.54, 1.807) is 0 Å². The van der Waals surface area contributed by atoms with Gasteiger partial charge in [0.1, 0.15) is 11.9 Å². The van der Waals surface area contributed by atoms with Gasteiger partial charge in [-0.15, -0.1) is 0 Å². The molecular formula is C19H21FN2O4S. The number of sulfonamides is 1. The van der Waals surface area contributed by atoms with E-state index in [-0.39, 0.29) is 18.8 Å². The quantitative estimate of drug-likeness (QED) is 0.820. The van der Waals surface area contributed by atoms with E-state index in [4.69, 9.17) is 4.74 Å². The van der Waals surface area contributed by atoms with E-state index in [1.807, 2.05) is 32.0 Å². The average molecular weight is 392 g/mol. The number of rotatable bonds is 6. The Morgan fingerprint density at radius 1 is 1.15 bits per heavy atom. The molecule has 1 saturated heterocycles. The number of ether oxygens (including phenoxy) is 1. The first kappa shape index (κ1) is 19.3. The zero-order chi connectivity index (χ0) is 19.6. The molecule has 6 nitrogen and oxygen atoms in total. The largest absolute Gasteiger partial charge is 0.443 e. The molecule has 0 bridgehead atoms. The van der Waals surface area contributed by atoms with Crippen LogP contribution in [0.25, 0.3) is 0 Å². The standard InChI is InChI=1S/C19H21FN2O4S/c1-13-7-14(2)9-17(8-13)22-11-18(26-19(22)23)10-21-27(24,25)12-15-3-5-16(20)6-4-15/h3-9,18,21H,10-12H2,1-2H3. The van der Waals surface area contributed by atoms with E-state index in [0.717, 1.165) is 16.8 Å². The number of nitrogens with one attached hydrogen (secondary N) is 1. The highest BCUT2D eigenvalue weighted by Crippen LogP contribution is 2.24. The first-order valence-corrected chi connectivity index (χ1v) is 10.2. The summed E-state index contributed by atoms with van der Waals surface area (Å²) in [6.07, 6.45) is -1.08. The van der Waals surface area contributed by atoms with Crippen LogP contribution in [-0.4, -0.2) is 33.7 Å². The molecule has 27 heavy (non-hydrogen) atoms. The van der Waals surface area contributed by atoms with Crippen molar-refractivity contribution in [3.8, 4) is 0 Å². The Kier molecular flexibility index (Phi) is 5.48. The van der Waals surface area contributed by atoms with Crippen LogP contribution in [0, 0.1) is 19.7 Å². The summed E-state index contributed by atoms with van der Waals surface area (Å²) < 4.78 is 45.1. The highest BCUT2D eigenvalue weighted by Gasteiger charge is 2.33. The van der Waals surface area contributed by atoms with Gasteiger partial charge in [-0.1, -0.05) is 18.2 Å². The van der Waals surface area contributed by atoms with Crippen molar-refractivity contribution in [1.82, 2.24) is 4.72 Å². The van der Waals surface area contributed by atoms with Gasteiger partial charge in [0.05, 0.1) is 12.3 Å². The number of hydrogen-bond acceptors (Lipinski definition) is 4. The summed E-state index contributed by atoms with van der Waals surface area (Å²) in [6, 6.07) is 11.0. The van der Waals surface area contributed by atoms with E-state index in [1.165, 1.54) is 29.2 Å². The Morgan fingerprint density at radius 3 is 2.41 bits per heavy atom. The third-order valence-electron chi connectivity index (χ3n) is 4.19. The zero-order valence-electron chi connectivity index (χ0n) is 15.1. The van der Waals surface area contributed by atoms with Gasteiger partial charge < -0.3 is 4.74 Å². The molecule has 3 rings (SSSR count). The van der Waals surface area contributed by atoms with Gasteiger partial charge in [0, 0.05) is 12.2 Å². The molecule has 1 atom stereocenters. The van der Waals surface area contributed by atoms with Gasteiger partial charge in [-0.05, 0) is 54.8 Å². The van der Waals surface area contributed by atoms with Gasteiger partial charge in [-0.25, -0.2) is 22.3 Å². The van der Waals surface area contributed by atoms with Crippen LogP contribution in [0.3, 0.4) is 0 Å². The topological polar surface area (TPSA) is 75.7 Å². The van der Waals surface area contributed by atoms with E-state index >= 15 is 0 Å². The molecule has 2 aromatic carbocycles. The highest BCUT2D eigenvalue weighted by molar-refractivity contribution is 7.88. The lowest BCUT2D eigenvalue weighted by molar-refractivity contribution is 0.143. The first-order chi connectivity index (χ1) is 12.7. The van der Waals surface area contributed by atoms with Crippen LogP contribution in [0.1, 0.15) is 16.7 Å². The number of cyclic esters (lactones) is 1. The maximum absolute atomic E-state index is 12.9. The Balaban J connectivity index is 1.60. The van der Waals surface area contributed by atoms with Crippen LogP contribution in [-0.2, 0) is 20.5 Å². The lowest BCUT2D eigenvalue weighted by atomic mass is 10.1. The number of aryl methyl sites for hydroxylation is 2. The number of carbonyl (C=O) groups excluding carboxylic acids is 1. The second kappa shape index (κ2) is 7.66. The Hall–Kier alpha value is -2.45. The molecule has 144 valence electrons. The molecule has 1 unspecified atom stereocenters. The van der Waals surface area contributed by atoms with E-state index < -0.39 is 28.0 Å². The number of carbonyl (C=O) groups is 1. The van der Waals surface area contributed by atoms with Gasteiger partial charge in [0.15, 0.2) is 0 Å². The van der Waals surface area contributed by atoms with Gasteiger partial charge >= 0.3 is 6.09 Å². The Morgan fingerprint density at radius 2 is 1.78 bits per heavy atom. The van der Waals surface area contributed by atoms with Crippen molar-refractivity contribution in [1.29, 1.82) is 0 Å². The smallest absolute Gasteiger partial charge is 0.414 e. The van der Waals surface area contributed by atoms with Crippen LogP contribution < -0.4 is 9.62 Å². The van der Waals surface area contributed by atoms with Crippen molar-refractivity contribution in [2.24, 2.45) is 0 Å². The van der Waals surface area contributed by atoms with Crippen molar-refractivity contribution < 1.29 is 22.3 Å². The fraction of sp³-hybridized carbons (Fsp3) is 0.316. The molecule has 8 heteroatoms. The van der Waals surface area contributed by atoms with Crippen molar-refractivity contribution in [3.63, 3.8) is 0 Å². The van der Waals surface area contributed by atoms with Crippen LogP contribution in [0.4, 0.5) is 14.9 Å². The molecule has 1 heterocycles. The number of halogens is 1. The minimum Gasteiger partial charge on any atom is -0.443 e. The predicted molar refractivity (Wildman–Crippen MR) is 101 cm³/mol. The molecule has 1 aliphatic heterocycles. The zero-order valence-corrected chi connectivity index (χ0v) is 15.9. The van der Waals surface area contributed by atoms with Gasteiger partial charge in [0.25, 0.3) is 0 Å². The minimum atomic E-state index is -3.63. The van der Waals surface area contributed by atoms with Crippen LogP contribution in [0.5, 0.6) is 0 Å². The lowest BCUT2D eigenvalue weighted by Crippen LogP contribution is -2.35. The molecule has 1 N–H and O–H groups in total. The third-order valence-corrected chi connectivity index (χ3v) is 5.51. The number of nitrogens with zero attached hydrogens (tertiary/aromatic N) is 1. The monoisotopic (exact) mass is 392 g/mol. The molecular weight excluding hydrogens is 371 g/mol. The summed E-state index contributed by atoms with van der Waals surface area (Å²) in [4.78, 5) is 13.6. The molecule has 1 aliphatic rings. The first-order valence-electron chi connectivity index (χ1n) is 8.50. The van der Waals surface area contributed by atoms with Crippen LogP contribution >= 0.6 is 0 Å². The van der Waals surface area contributed by atoms with E-state index in [2.05, 4.69) is 4.72 Å². The van der Waals surface area contributed by atoms with Gasteiger partial charge in [-0.2, -0.15) is 0 Å². The maximum Gasteiger partial charge on any atom is 0.414 e. The van der Waals surface area contributed by atoms with E-state index in [9.17, 15) is 17.6 Å². The van der Waals surface area contributed by atoms with Crippen molar-refractivity contribution in [2.75, 3.05) is 18.0 Å². The third kappa shape index (κ3) is 5.05. The highest BCUT2D eigenvalue weighted by atomic mass is 32.2. The van der Waals surface area contributed by atoms with Crippen molar-refractivity contribution in [2.45, 2.75) is 25.7 Å². The fourth-order valence-corrected chi connectivity index (χ4v) is 4.19. The molecule has 0 saturated carbocycles. The van der Waals surface area contributed by atoms with Crippen molar-refractivity contribution >= 4 is 21.8 Å². The number of hydrogen-bond donors (Lipinski definition) is 1. The molecule has 0 spiro atoms. The summed E-state index contributed by atoms with van der Waals surface area (Å²) in [5, 5.41) is 0. The number of benzene rings is 2. The molecule has 1 amide bonds. The summed E-state index contributed by atoms with van der Waals surface area (Å²) in [7, 11) is -3.63. The normalized spacial score (nSPS) is 17.2. The second-order valence-corrected chi connectivity index (χ2v) is 8.50. The van der Waals surface area contributed by atoms with Crippen molar-refractivity contribution in [3.05, 3.63) is 65.0 Å². The Bertz CT molecular complexity index is 924. The summed E-state index contributed by atoms with van der Waals surface area (Å²) in [6.45, 7) is 4.13. The lowest BCUT2D eigenvalue weighted by Gasteiger charge is -2.15. The molecule has 0 aromatic heterocycles. The second-order valence-electron chi connectivity index (χ2n) is 6.70. The SMILES string of the molecule is Cc1cc(C)cc(N2CC(CNS(=O)(=O)Cc3ccc(F)cc3)OC2=O)c1. The van der Waals surface area contributed by atoms with Crippen LogP contribution in [0.2, 0.25) is 0 Å².